The van der Waals surface area contributed by atoms with E-state index in [0.717, 1.165) is 12.2 Å². The van der Waals surface area contributed by atoms with Crippen LogP contribution in [0.1, 0.15) is 16.8 Å². The Balaban J connectivity index is 1.61. The number of para-hydroxylation sites is 2. The Morgan fingerprint density at radius 1 is 1.04 bits per heavy atom. The molecule has 134 valence electrons. The second-order valence-corrected chi connectivity index (χ2v) is 6.06. The molecule has 2 amide bonds. The number of nitrogens with one attached hydrogen (secondary N) is 2. The molecule has 0 aliphatic carbocycles. The van der Waals surface area contributed by atoms with E-state index in [0.29, 0.717) is 18.0 Å². The van der Waals surface area contributed by atoms with Gasteiger partial charge in [-0.15, -0.1) is 0 Å². The number of methoxy groups -OCH3 is 1. The van der Waals surface area contributed by atoms with E-state index in [1.54, 1.807) is 13.2 Å². The number of rotatable bonds is 6. The highest BCUT2D eigenvalue weighted by atomic mass is 16.5. The third-order valence-corrected chi connectivity index (χ3v) is 4.31. The first-order valence-corrected chi connectivity index (χ1v) is 8.54. The van der Waals surface area contributed by atoms with E-state index in [1.165, 1.54) is 11.1 Å². The Hall–Kier alpha value is -3.21. The van der Waals surface area contributed by atoms with Crippen molar-refractivity contribution in [3.63, 3.8) is 0 Å². The predicted octanol–water partition coefficient (Wildman–Crippen LogP) is 4.18. The molecule has 3 aromatic rings. The lowest BCUT2D eigenvalue weighted by Crippen LogP contribution is -2.29. The van der Waals surface area contributed by atoms with Gasteiger partial charge >= 0.3 is 6.03 Å². The number of carbonyl (C=O) groups is 1. The first kappa shape index (κ1) is 17.6. The van der Waals surface area contributed by atoms with Crippen molar-refractivity contribution in [3.05, 3.63) is 83.7 Å². The second-order valence-electron chi connectivity index (χ2n) is 6.06. The van der Waals surface area contributed by atoms with Gasteiger partial charge in [-0.3, -0.25) is 0 Å². The maximum atomic E-state index is 12.2. The number of hydrogen-bond donors (Lipinski definition) is 2. The van der Waals surface area contributed by atoms with Crippen LogP contribution >= 0.6 is 0 Å². The quantitative estimate of drug-likeness (QED) is 0.701. The third kappa shape index (κ3) is 4.25. The number of hydrogen-bond acceptors (Lipinski definition) is 2. The van der Waals surface area contributed by atoms with E-state index in [4.69, 9.17) is 4.74 Å². The lowest BCUT2D eigenvalue weighted by atomic mass is 10.1. The SMILES string of the molecule is COc1ccccc1NC(=O)NCc1cccn1Cc1ccccc1C. The van der Waals surface area contributed by atoms with Gasteiger partial charge in [-0.1, -0.05) is 36.4 Å². The number of nitrogens with zero attached hydrogens (tertiary/aromatic N) is 1. The van der Waals surface area contributed by atoms with Gasteiger partial charge in [0.25, 0.3) is 0 Å². The molecule has 5 nitrogen and oxygen atoms in total. The molecule has 0 bridgehead atoms. The van der Waals surface area contributed by atoms with E-state index in [2.05, 4.69) is 34.3 Å². The lowest BCUT2D eigenvalue weighted by Gasteiger charge is -2.13. The van der Waals surface area contributed by atoms with Gasteiger partial charge in [0.15, 0.2) is 0 Å². The first-order chi connectivity index (χ1) is 12.7. The molecule has 2 aromatic carbocycles. The Kier molecular flexibility index (Phi) is 5.59. The van der Waals surface area contributed by atoms with Crippen LogP contribution in [0.25, 0.3) is 0 Å². The van der Waals surface area contributed by atoms with E-state index >= 15 is 0 Å². The van der Waals surface area contributed by atoms with E-state index in [-0.39, 0.29) is 6.03 Å². The summed E-state index contributed by atoms with van der Waals surface area (Å²) < 4.78 is 7.39. The molecule has 0 saturated heterocycles. The normalized spacial score (nSPS) is 10.4. The van der Waals surface area contributed by atoms with Gasteiger partial charge in [0.1, 0.15) is 5.75 Å². The fraction of sp³-hybridized carbons (Fsp3) is 0.190. The number of amides is 2. The fourth-order valence-electron chi connectivity index (χ4n) is 2.82. The van der Waals surface area contributed by atoms with Crippen molar-refractivity contribution >= 4 is 11.7 Å². The van der Waals surface area contributed by atoms with Gasteiger partial charge in [-0.05, 0) is 42.3 Å². The number of benzene rings is 2. The van der Waals surface area contributed by atoms with Crippen LogP contribution in [0, 0.1) is 6.92 Å². The van der Waals surface area contributed by atoms with Gasteiger partial charge in [0, 0.05) is 18.4 Å². The summed E-state index contributed by atoms with van der Waals surface area (Å²) in [5.74, 6) is 0.630. The summed E-state index contributed by atoms with van der Waals surface area (Å²) in [6.45, 7) is 3.34. The van der Waals surface area contributed by atoms with E-state index in [9.17, 15) is 4.79 Å². The number of aryl methyl sites for hydroxylation is 1. The molecule has 0 saturated carbocycles. The van der Waals surface area contributed by atoms with Crippen LogP contribution in [-0.2, 0) is 13.1 Å². The van der Waals surface area contributed by atoms with E-state index < -0.39 is 0 Å². The number of carbonyl (C=O) groups excluding carboxylic acids is 1. The van der Waals surface area contributed by atoms with Crippen molar-refractivity contribution in [1.82, 2.24) is 9.88 Å². The summed E-state index contributed by atoms with van der Waals surface area (Å²) >= 11 is 0. The Morgan fingerprint density at radius 2 is 1.81 bits per heavy atom. The molecule has 0 atom stereocenters. The van der Waals surface area contributed by atoms with Crippen molar-refractivity contribution < 1.29 is 9.53 Å². The molecule has 0 aliphatic rings. The van der Waals surface area contributed by atoms with E-state index in [1.807, 2.05) is 48.7 Å². The predicted molar refractivity (Wildman–Crippen MR) is 104 cm³/mol. The summed E-state index contributed by atoms with van der Waals surface area (Å²) in [5.41, 5.74) is 4.21. The molecular weight excluding hydrogens is 326 g/mol. The lowest BCUT2D eigenvalue weighted by molar-refractivity contribution is 0.251. The Labute approximate surface area is 153 Å². The molecule has 0 fully saturated rings. The smallest absolute Gasteiger partial charge is 0.319 e. The number of anilines is 1. The highest BCUT2D eigenvalue weighted by Crippen LogP contribution is 2.22. The van der Waals surface area contributed by atoms with Crippen molar-refractivity contribution in [2.45, 2.75) is 20.0 Å². The molecule has 1 heterocycles. The zero-order valence-electron chi connectivity index (χ0n) is 15.0. The first-order valence-electron chi connectivity index (χ1n) is 8.54. The average molecular weight is 349 g/mol. The van der Waals surface area contributed by atoms with Crippen molar-refractivity contribution in [2.24, 2.45) is 0 Å². The molecule has 5 heteroatoms. The second kappa shape index (κ2) is 8.25. The largest absolute Gasteiger partial charge is 0.495 e. The topological polar surface area (TPSA) is 55.3 Å². The van der Waals surface area contributed by atoms with Crippen LogP contribution < -0.4 is 15.4 Å². The van der Waals surface area contributed by atoms with Crippen LogP contribution in [-0.4, -0.2) is 17.7 Å². The van der Waals surface area contributed by atoms with Gasteiger partial charge in [-0.2, -0.15) is 0 Å². The van der Waals surface area contributed by atoms with Crippen LogP contribution in [0.2, 0.25) is 0 Å². The van der Waals surface area contributed by atoms with Crippen molar-refractivity contribution in [2.75, 3.05) is 12.4 Å². The van der Waals surface area contributed by atoms with Crippen LogP contribution in [0.4, 0.5) is 10.5 Å². The molecule has 2 N–H and O–H groups in total. The monoisotopic (exact) mass is 349 g/mol. The molecule has 0 spiro atoms. The fourth-order valence-corrected chi connectivity index (χ4v) is 2.82. The zero-order valence-corrected chi connectivity index (χ0v) is 15.0. The molecule has 0 aliphatic heterocycles. The standard InChI is InChI=1S/C21H23N3O2/c1-16-8-3-4-9-17(16)15-24-13-7-10-18(24)14-22-21(25)23-19-11-5-6-12-20(19)26-2/h3-13H,14-15H2,1-2H3,(H2,22,23,25). The average Bonchev–Trinajstić information content (AvgIpc) is 3.09. The van der Waals surface area contributed by atoms with Gasteiger partial charge in [0.2, 0.25) is 0 Å². The van der Waals surface area contributed by atoms with Crippen LogP contribution in [0.15, 0.2) is 66.9 Å². The van der Waals surface area contributed by atoms with Crippen molar-refractivity contribution in [3.8, 4) is 5.75 Å². The minimum Gasteiger partial charge on any atom is -0.495 e. The number of ether oxygens (including phenoxy) is 1. The van der Waals surface area contributed by atoms with Gasteiger partial charge < -0.3 is 19.9 Å². The molecule has 1 aromatic heterocycles. The summed E-state index contributed by atoms with van der Waals surface area (Å²) in [4.78, 5) is 12.2. The molecule has 26 heavy (non-hydrogen) atoms. The summed E-state index contributed by atoms with van der Waals surface area (Å²) in [7, 11) is 1.58. The minimum absolute atomic E-state index is 0.266. The Morgan fingerprint density at radius 3 is 2.62 bits per heavy atom. The Bertz CT molecular complexity index is 886. The minimum atomic E-state index is -0.266. The van der Waals surface area contributed by atoms with Crippen molar-refractivity contribution in [1.29, 1.82) is 0 Å². The number of aromatic nitrogens is 1. The number of urea groups is 1. The summed E-state index contributed by atoms with van der Waals surface area (Å²) in [5, 5.41) is 5.72. The van der Waals surface area contributed by atoms with Crippen LogP contribution in [0.5, 0.6) is 5.75 Å². The highest BCUT2D eigenvalue weighted by Gasteiger charge is 2.08. The zero-order chi connectivity index (χ0) is 18.4. The molecule has 0 radical (unpaired) electrons. The molecular formula is C21H23N3O2. The van der Waals surface area contributed by atoms with Crippen LogP contribution in [0.3, 0.4) is 0 Å². The van der Waals surface area contributed by atoms with Gasteiger partial charge in [-0.25, -0.2) is 4.79 Å². The summed E-state index contributed by atoms with van der Waals surface area (Å²) in [6, 6.07) is 19.4. The van der Waals surface area contributed by atoms with Gasteiger partial charge in [0.05, 0.1) is 19.3 Å². The summed E-state index contributed by atoms with van der Waals surface area (Å²) in [6.07, 6.45) is 2.03. The maximum Gasteiger partial charge on any atom is 0.319 e. The molecule has 0 unspecified atom stereocenters. The molecule has 3 rings (SSSR count). The maximum absolute atomic E-state index is 12.2. The third-order valence-electron chi connectivity index (χ3n) is 4.31. The highest BCUT2D eigenvalue weighted by molar-refractivity contribution is 5.90.